The molecule has 12 nitrogen and oxygen atoms in total. The van der Waals surface area contributed by atoms with Gasteiger partial charge in [0.25, 0.3) is 0 Å². The first-order valence-corrected chi connectivity index (χ1v) is 16.5. The lowest BCUT2D eigenvalue weighted by atomic mass is 10.1. The lowest BCUT2D eigenvalue weighted by molar-refractivity contribution is -0.140. The van der Waals surface area contributed by atoms with E-state index >= 15 is 0 Å². The van der Waals surface area contributed by atoms with E-state index in [0.717, 1.165) is 5.56 Å². The van der Waals surface area contributed by atoms with E-state index in [1.54, 1.807) is 23.1 Å². The second kappa shape index (κ2) is 22.0. The Morgan fingerprint density at radius 1 is 0.896 bits per heavy atom. The zero-order valence-corrected chi connectivity index (χ0v) is 30.2. The summed E-state index contributed by atoms with van der Waals surface area (Å²) in [6.45, 7) is 17.8. The van der Waals surface area contributed by atoms with E-state index in [0.29, 0.717) is 67.8 Å². The van der Waals surface area contributed by atoms with Crippen LogP contribution in [0.1, 0.15) is 77.7 Å². The molecule has 0 aliphatic heterocycles. The molecule has 0 bridgehead atoms. The molecule has 2 rings (SSSR count). The standard InChI is InChI=1S/C20H33N3O4.C16H25NO4/c1-7-23(8-2)19(26)22-15-9-10-18(17(11-15)14(3)24)27-13-16(25)12-21-20(4,5)6;1-12(2)17-10-14(18)11-21-15-7-4-13(5-8-15)6-9-16(19)20-3/h9-11,16,21,25H,7-8,12-13H2,1-6H3,(H,22,26);4-5,7-8,12,14,17-18H,6,9-11H2,1-3H3. The number of aliphatic hydroxyl groups is 2. The minimum Gasteiger partial charge on any atom is -0.491 e. The third-order valence-corrected chi connectivity index (χ3v) is 6.93. The lowest BCUT2D eigenvalue weighted by Gasteiger charge is -2.23. The quantitative estimate of drug-likeness (QED) is 0.113. The van der Waals surface area contributed by atoms with Gasteiger partial charge in [0, 0.05) is 49.9 Å². The van der Waals surface area contributed by atoms with E-state index in [1.807, 2.05) is 72.7 Å². The predicted molar refractivity (Wildman–Crippen MR) is 189 cm³/mol. The number of aliphatic hydroxyl groups excluding tert-OH is 2. The van der Waals surface area contributed by atoms with Gasteiger partial charge in [-0.1, -0.05) is 26.0 Å². The van der Waals surface area contributed by atoms with Gasteiger partial charge in [0.15, 0.2) is 5.78 Å². The second-order valence-corrected chi connectivity index (χ2v) is 12.7. The number of hydrogen-bond acceptors (Lipinski definition) is 10. The normalized spacial score (nSPS) is 12.3. The topological polar surface area (TPSA) is 159 Å². The van der Waals surface area contributed by atoms with Crippen molar-refractivity contribution in [3.63, 3.8) is 0 Å². The number of methoxy groups -OCH3 is 1. The number of hydrogen-bond donors (Lipinski definition) is 5. The summed E-state index contributed by atoms with van der Waals surface area (Å²) in [5.41, 5.74) is 1.84. The van der Waals surface area contributed by atoms with Crippen LogP contribution in [0.3, 0.4) is 0 Å². The molecular weight excluding hydrogens is 616 g/mol. The van der Waals surface area contributed by atoms with Crippen LogP contribution in [-0.2, 0) is 16.0 Å². The van der Waals surface area contributed by atoms with Gasteiger partial charge in [0.1, 0.15) is 36.9 Å². The number of ether oxygens (including phenoxy) is 3. The fraction of sp³-hybridized carbons (Fsp3) is 0.583. The number of esters is 1. The van der Waals surface area contributed by atoms with Crippen molar-refractivity contribution in [1.82, 2.24) is 15.5 Å². The molecule has 0 saturated carbocycles. The van der Waals surface area contributed by atoms with E-state index in [1.165, 1.54) is 14.0 Å². The van der Waals surface area contributed by atoms with Crippen LogP contribution in [0.25, 0.3) is 0 Å². The van der Waals surface area contributed by atoms with Crippen LogP contribution in [0.2, 0.25) is 0 Å². The number of nitrogens with one attached hydrogen (secondary N) is 3. The zero-order chi connectivity index (χ0) is 36.3. The van der Waals surface area contributed by atoms with Crippen molar-refractivity contribution in [3.8, 4) is 11.5 Å². The van der Waals surface area contributed by atoms with Crippen LogP contribution in [0.5, 0.6) is 11.5 Å². The highest BCUT2D eigenvalue weighted by Gasteiger charge is 2.16. The average molecular weight is 675 g/mol. The monoisotopic (exact) mass is 674 g/mol. The first-order valence-electron chi connectivity index (χ1n) is 16.5. The average Bonchev–Trinajstić information content (AvgIpc) is 3.04. The minimum absolute atomic E-state index is 0.0640. The van der Waals surface area contributed by atoms with Crippen LogP contribution in [0.15, 0.2) is 42.5 Å². The molecule has 0 aromatic heterocycles. The Hall–Kier alpha value is -3.71. The molecular formula is C36H58N4O8. The lowest BCUT2D eigenvalue weighted by Crippen LogP contribution is -2.42. The number of benzene rings is 2. The minimum atomic E-state index is -0.703. The van der Waals surface area contributed by atoms with Gasteiger partial charge < -0.3 is 45.3 Å². The number of β-amino-alcohol motifs (C(OH)–C–C–N with tert-alkyl or cyclic N) is 1. The highest BCUT2D eigenvalue weighted by molar-refractivity contribution is 5.99. The molecule has 0 heterocycles. The zero-order valence-electron chi connectivity index (χ0n) is 30.2. The number of Topliss-reactive ketones (excluding diaryl/α,β-unsaturated/α-hetero) is 1. The molecule has 2 aromatic carbocycles. The van der Waals surface area contributed by atoms with Gasteiger partial charge in [0.2, 0.25) is 0 Å². The van der Waals surface area contributed by atoms with Crippen molar-refractivity contribution < 1.29 is 38.8 Å². The number of anilines is 1. The third-order valence-electron chi connectivity index (χ3n) is 6.93. The fourth-order valence-electron chi connectivity index (χ4n) is 4.11. The molecule has 0 radical (unpaired) electrons. The molecule has 0 aliphatic rings. The summed E-state index contributed by atoms with van der Waals surface area (Å²) in [5, 5.41) is 28.9. The highest BCUT2D eigenvalue weighted by Crippen LogP contribution is 2.24. The van der Waals surface area contributed by atoms with Gasteiger partial charge in [-0.25, -0.2) is 4.79 Å². The molecule has 48 heavy (non-hydrogen) atoms. The van der Waals surface area contributed by atoms with E-state index in [9.17, 15) is 24.6 Å². The summed E-state index contributed by atoms with van der Waals surface area (Å²) >= 11 is 0. The molecule has 0 spiro atoms. The molecule has 2 amide bonds. The Bertz CT molecular complexity index is 1240. The number of carbonyl (C=O) groups is 3. The highest BCUT2D eigenvalue weighted by atomic mass is 16.5. The van der Waals surface area contributed by atoms with Gasteiger partial charge in [-0.3, -0.25) is 9.59 Å². The molecule has 5 N–H and O–H groups in total. The number of nitrogens with zero attached hydrogens (tertiary/aromatic N) is 1. The Labute approximate surface area is 286 Å². The van der Waals surface area contributed by atoms with E-state index < -0.39 is 12.2 Å². The van der Waals surface area contributed by atoms with Crippen molar-refractivity contribution in [2.24, 2.45) is 0 Å². The van der Waals surface area contributed by atoms with Gasteiger partial charge in [-0.2, -0.15) is 0 Å². The summed E-state index contributed by atoms with van der Waals surface area (Å²) in [4.78, 5) is 36.8. The smallest absolute Gasteiger partial charge is 0.321 e. The SMILES string of the molecule is CCN(CC)C(=O)Nc1ccc(OCC(O)CNC(C)(C)C)c(C(C)=O)c1.COC(=O)CCc1ccc(OCC(O)CNC(C)C)cc1. The summed E-state index contributed by atoms with van der Waals surface area (Å²) in [7, 11) is 1.39. The van der Waals surface area contributed by atoms with Gasteiger partial charge >= 0.3 is 12.0 Å². The van der Waals surface area contributed by atoms with Crippen LogP contribution < -0.4 is 25.4 Å². The summed E-state index contributed by atoms with van der Waals surface area (Å²) in [5.74, 6) is 0.709. The predicted octanol–water partition coefficient (Wildman–Crippen LogP) is 4.42. The number of carbonyl (C=O) groups excluding carboxylic acids is 3. The second-order valence-electron chi connectivity index (χ2n) is 12.7. The maximum atomic E-state index is 12.2. The van der Waals surface area contributed by atoms with Crippen molar-refractivity contribution in [2.75, 3.05) is 51.8 Å². The van der Waals surface area contributed by atoms with Gasteiger partial charge in [-0.05, 0) is 83.9 Å². The Morgan fingerprint density at radius 2 is 1.50 bits per heavy atom. The number of rotatable bonds is 18. The van der Waals surface area contributed by atoms with Crippen LogP contribution in [-0.4, -0.2) is 103 Å². The van der Waals surface area contributed by atoms with Crippen LogP contribution in [0, 0.1) is 0 Å². The molecule has 0 aliphatic carbocycles. The molecule has 0 fully saturated rings. The third kappa shape index (κ3) is 18.0. The Morgan fingerprint density at radius 3 is 2.04 bits per heavy atom. The van der Waals surface area contributed by atoms with Gasteiger partial charge in [-0.15, -0.1) is 0 Å². The number of ketones is 1. The largest absolute Gasteiger partial charge is 0.491 e. The van der Waals surface area contributed by atoms with Crippen molar-refractivity contribution in [3.05, 3.63) is 53.6 Å². The first-order chi connectivity index (χ1) is 22.6. The summed E-state index contributed by atoms with van der Waals surface area (Å²) in [6.07, 6.45) is -0.220. The van der Waals surface area contributed by atoms with Crippen LogP contribution in [0.4, 0.5) is 10.5 Å². The molecule has 2 atom stereocenters. The summed E-state index contributed by atoms with van der Waals surface area (Å²) < 4.78 is 15.8. The Kier molecular flexibility index (Phi) is 19.4. The first kappa shape index (κ1) is 42.3. The molecule has 270 valence electrons. The maximum absolute atomic E-state index is 12.2. The fourth-order valence-corrected chi connectivity index (χ4v) is 4.11. The van der Waals surface area contributed by atoms with E-state index in [4.69, 9.17) is 9.47 Å². The van der Waals surface area contributed by atoms with Crippen molar-refractivity contribution >= 4 is 23.5 Å². The Balaban J connectivity index is 0.000000495. The number of amides is 2. The van der Waals surface area contributed by atoms with Crippen molar-refractivity contribution in [1.29, 1.82) is 0 Å². The maximum Gasteiger partial charge on any atom is 0.321 e. The molecule has 0 saturated heterocycles. The number of urea groups is 1. The van der Waals surface area contributed by atoms with E-state index in [2.05, 4.69) is 20.7 Å². The summed E-state index contributed by atoms with van der Waals surface area (Å²) in [6, 6.07) is 12.6. The van der Waals surface area contributed by atoms with Crippen molar-refractivity contribution in [2.45, 2.75) is 92.0 Å². The van der Waals surface area contributed by atoms with Gasteiger partial charge in [0.05, 0.1) is 12.7 Å². The van der Waals surface area contributed by atoms with Crippen LogP contribution >= 0.6 is 0 Å². The molecule has 2 aromatic rings. The molecule has 12 heteroatoms. The molecule has 2 unspecified atom stereocenters. The number of aryl methyl sites for hydroxylation is 1. The van der Waals surface area contributed by atoms with E-state index in [-0.39, 0.29) is 36.5 Å².